The SMILES string of the molecule is Nc1nc2c(ncn2C2OC(COP(=O)(O)OP(=O)(O)OP(=O)(O)O)CC2F)c(=O)[nH]1. The summed E-state index contributed by atoms with van der Waals surface area (Å²) in [4.78, 5) is 57.2. The number of nitrogen functional groups attached to an aromatic ring is 1. The van der Waals surface area contributed by atoms with Gasteiger partial charge in [-0.3, -0.25) is 18.9 Å². The highest BCUT2D eigenvalue weighted by atomic mass is 31.3. The van der Waals surface area contributed by atoms with Crippen LogP contribution in [0.1, 0.15) is 12.6 Å². The monoisotopic (exact) mass is 509 g/mol. The number of aromatic nitrogens is 4. The predicted octanol–water partition coefficient (Wildman–Crippen LogP) is -0.329. The zero-order valence-corrected chi connectivity index (χ0v) is 17.6. The van der Waals surface area contributed by atoms with Crippen LogP contribution in [0.15, 0.2) is 11.1 Å². The number of fused-ring (bicyclic) bond motifs is 1. The molecule has 0 amide bonds. The van der Waals surface area contributed by atoms with Crippen molar-refractivity contribution in [1.29, 1.82) is 0 Å². The maximum atomic E-state index is 14.5. The molecule has 0 bridgehead atoms. The molecule has 3 heterocycles. The summed E-state index contributed by atoms with van der Waals surface area (Å²) in [5, 5.41) is 0. The lowest BCUT2D eigenvalue weighted by atomic mass is 10.2. The molecule has 0 radical (unpaired) electrons. The van der Waals surface area contributed by atoms with Gasteiger partial charge in [-0.05, 0) is 0 Å². The molecule has 1 aliphatic heterocycles. The molecule has 0 aliphatic carbocycles. The van der Waals surface area contributed by atoms with E-state index in [4.69, 9.17) is 25.2 Å². The first-order chi connectivity index (χ1) is 14.2. The zero-order chi connectivity index (χ0) is 23.2. The maximum Gasteiger partial charge on any atom is 0.490 e. The van der Waals surface area contributed by atoms with Crippen LogP contribution in [0, 0.1) is 0 Å². The number of nitrogens with two attached hydrogens (primary N) is 1. The summed E-state index contributed by atoms with van der Waals surface area (Å²) in [6.45, 7) is -0.830. The van der Waals surface area contributed by atoms with E-state index in [2.05, 4.69) is 28.1 Å². The number of phosphoric ester groups is 1. The number of anilines is 1. The van der Waals surface area contributed by atoms with Crippen molar-refractivity contribution in [3.63, 3.8) is 0 Å². The molecule has 21 heteroatoms. The van der Waals surface area contributed by atoms with Crippen molar-refractivity contribution >= 4 is 40.6 Å². The van der Waals surface area contributed by atoms with Crippen LogP contribution < -0.4 is 11.3 Å². The molecule has 1 aliphatic rings. The lowest BCUT2D eigenvalue weighted by molar-refractivity contribution is -0.0346. The Morgan fingerprint density at radius 2 is 1.94 bits per heavy atom. The summed E-state index contributed by atoms with van der Waals surface area (Å²) in [5.41, 5.74) is 4.57. The van der Waals surface area contributed by atoms with Gasteiger partial charge in [0, 0.05) is 6.42 Å². The van der Waals surface area contributed by atoms with Crippen LogP contribution in [-0.4, -0.2) is 58.0 Å². The second-order valence-corrected chi connectivity index (χ2v) is 10.5. The minimum absolute atomic E-state index is 0.0811. The van der Waals surface area contributed by atoms with E-state index in [0.717, 1.165) is 10.9 Å². The van der Waals surface area contributed by atoms with E-state index in [1.165, 1.54) is 0 Å². The van der Waals surface area contributed by atoms with Gasteiger partial charge in [0.15, 0.2) is 17.4 Å². The Morgan fingerprint density at radius 3 is 2.58 bits per heavy atom. The number of nitrogens with one attached hydrogen (secondary N) is 1. The van der Waals surface area contributed by atoms with Gasteiger partial charge in [0.25, 0.3) is 5.56 Å². The molecule has 2 aromatic heterocycles. The summed E-state index contributed by atoms with van der Waals surface area (Å²) in [6.07, 6.45) is -3.56. The Balaban J connectivity index is 1.67. The summed E-state index contributed by atoms with van der Waals surface area (Å²) >= 11 is 0. The Kier molecular flexibility index (Phi) is 6.55. The molecule has 0 spiro atoms. The Morgan fingerprint density at radius 1 is 1.26 bits per heavy atom. The number of rotatable bonds is 8. The molecule has 3 rings (SSSR count). The quantitative estimate of drug-likeness (QED) is 0.249. The van der Waals surface area contributed by atoms with E-state index >= 15 is 0 Å². The Hall–Kier alpha value is -1.55. The van der Waals surface area contributed by atoms with Crippen molar-refractivity contribution in [2.24, 2.45) is 0 Å². The van der Waals surface area contributed by atoms with Crippen molar-refractivity contribution < 1.29 is 55.5 Å². The summed E-state index contributed by atoms with van der Waals surface area (Å²) in [6, 6.07) is 0. The van der Waals surface area contributed by atoms with Gasteiger partial charge in [0.2, 0.25) is 5.95 Å². The Bertz CT molecular complexity index is 1180. The molecule has 5 atom stereocenters. The van der Waals surface area contributed by atoms with Crippen molar-refractivity contribution in [2.75, 3.05) is 12.3 Å². The minimum atomic E-state index is -5.68. The molecule has 174 valence electrons. The van der Waals surface area contributed by atoms with E-state index in [0.29, 0.717) is 0 Å². The van der Waals surface area contributed by atoms with Crippen LogP contribution >= 0.6 is 23.5 Å². The predicted molar refractivity (Wildman–Crippen MR) is 95.8 cm³/mol. The third-order valence-corrected chi connectivity index (χ3v) is 7.50. The molecule has 0 saturated carbocycles. The number of ether oxygens (including phenoxy) is 1. The van der Waals surface area contributed by atoms with E-state index in [1.807, 2.05) is 0 Å². The van der Waals surface area contributed by atoms with E-state index in [9.17, 15) is 27.8 Å². The van der Waals surface area contributed by atoms with Gasteiger partial charge in [-0.1, -0.05) is 0 Å². The lowest BCUT2D eigenvalue weighted by Crippen LogP contribution is -2.19. The number of H-pyrrole nitrogens is 1. The largest absolute Gasteiger partial charge is 0.490 e. The molecule has 2 aromatic rings. The molecular weight excluding hydrogens is 494 g/mol. The zero-order valence-electron chi connectivity index (χ0n) is 14.9. The highest BCUT2D eigenvalue weighted by Crippen LogP contribution is 2.66. The number of phosphoric acid groups is 3. The van der Waals surface area contributed by atoms with Gasteiger partial charge in [0.05, 0.1) is 19.0 Å². The summed E-state index contributed by atoms with van der Waals surface area (Å²) in [5.74, 6) is -0.253. The fraction of sp³-hybridized carbons (Fsp3) is 0.500. The van der Waals surface area contributed by atoms with Crippen LogP contribution in [-0.2, 0) is 31.6 Å². The first kappa shape index (κ1) is 24.1. The van der Waals surface area contributed by atoms with Gasteiger partial charge in [-0.15, -0.1) is 0 Å². The number of hydrogen-bond donors (Lipinski definition) is 6. The fourth-order valence-corrected chi connectivity index (χ4v) is 5.71. The smallest absolute Gasteiger partial charge is 0.369 e. The van der Waals surface area contributed by atoms with E-state index in [-0.39, 0.29) is 23.5 Å². The van der Waals surface area contributed by atoms with Gasteiger partial charge < -0.3 is 30.0 Å². The van der Waals surface area contributed by atoms with Crippen LogP contribution in [0.25, 0.3) is 11.2 Å². The number of alkyl halides is 1. The molecule has 1 fully saturated rings. The fourth-order valence-electron chi connectivity index (χ4n) is 2.66. The molecule has 0 aromatic carbocycles. The minimum Gasteiger partial charge on any atom is -0.369 e. The third-order valence-electron chi connectivity index (χ3n) is 3.69. The summed E-state index contributed by atoms with van der Waals surface area (Å²) < 4.78 is 66.1. The first-order valence-electron chi connectivity index (χ1n) is 7.96. The second-order valence-electron chi connectivity index (χ2n) is 6.06. The van der Waals surface area contributed by atoms with Crippen molar-refractivity contribution in [2.45, 2.75) is 24.9 Å². The van der Waals surface area contributed by atoms with Gasteiger partial charge in [0.1, 0.15) is 6.17 Å². The van der Waals surface area contributed by atoms with Crippen molar-refractivity contribution in [3.05, 3.63) is 16.7 Å². The van der Waals surface area contributed by atoms with Crippen LogP contribution in [0.4, 0.5) is 10.3 Å². The number of aromatic amines is 1. The highest BCUT2D eigenvalue weighted by molar-refractivity contribution is 7.66. The van der Waals surface area contributed by atoms with Crippen LogP contribution in [0.5, 0.6) is 0 Å². The number of halogens is 1. The van der Waals surface area contributed by atoms with Crippen LogP contribution in [0.3, 0.4) is 0 Å². The second kappa shape index (κ2) is 8.42. The number of hydrogen-bond acceptors (Lipinski definition) is 11. The van der Waals surface area contributed by atoms with Crippen molar-refractivity contribution in [3.8, 4) is 0 Å². The van der Waals surface area contributed by atoms with E-state index in [1.54, 1.807) is 0 Å². The van der Waals surface area contributed by atoms with Crippen molar-refractivity contribution in [1.82, 2.24) is 19.5 Å². The number of imidazole rings is 1. The highest BCUT2D eigenvalue weighted by Gasteiger charge is 2.43. The first-order valence-corrected chi connectivity index (χ1v) is 12.5. The third kappa shape index (κ3) is 6.03. The number of nitrogens with zero attached hydrogens (tertiary/aromatic N) is 3. The van der Waals surface area contributed by atoms with Gasteiger partial charge in [-0.25, -0.2) is 23.1 Å². The average Bonchev–Trinajstić information content (AvgIpc) is 3.12. The normalized spacial score (nSPS) is 26.0. The van der Waals surface area contributed by atoms with Gasteiger partial charge in [-0.2, -0.15) is 13.6 Å². The molecule has 17 nitrogen and oxygen atoms in total. The maximum absolute atomic E-state index is 14.5. The molecular formula is C10H15FN5O12P3. The standard InChI is InChI=1S/C10H15FN5O12P3/c11-5-1-4(2-25-30(21,22)28-31(23,24)27-29(18,19)20)26-9(5)16-3-13-6-7(16)14-10(12)15-8(6)17/h3-5,9H,1-2H2,(H,21,22)(H,23,24)(H2,18,19,20)(H3,12,14,15,17). The molecule has 31 heavy (non-hydrogen) atoms. The molecule has 5 unspecified atom stereocenters. The topological polar surface area (TPSA) is 259 Å². The summed E-state index contributed by atoms with van der Waals surface area (Å²) in [7, 11) is -16.6. The lowest BCUT2D eigenvalue weighted by Gasteiger charge is -2.18. The Labute approximate surface area is 170 Å². The average molecular weight is 509 g/mol. The molecule has 1 saturated heterocycles. The molecule has 7 N–H and O–H groups in total. The van der Waals surface area contributed by atoms with Crippen LogP contribution in [0.2, 0.25) is 0 Å². The van der Waals surface area contributed by atoms with E-state index < -0.39 is 54.1 Å². The van der Waals surface area contributed by atoms with Gasteiger partial charge >= 0.3 is 23.5 Å².